The molecule has 4 aromatic carbocycles. The molecule has 4 N–H and O–H groups in total. The maximum atomic E-state index is 12.8. The SMILES string of the molecule is C.Cc1ccc2c(c1)CN[C@H](C(=O)N[C@H]1CCCc3ccccc31)C2.Cc1ccc2c(c1)CN[C@H](C(=O)N[C@H]1CCCc3ccccc31)C2. The van der Waals surface area contributed by atoms with Crippen LogP contribution in [0.25, 0.3) is 0 Å². The van der Waals surface area contributed by atoms with E-state index in [1.54, 1.807) is 0 Å². The number of fused-ring (bicyclic) bond motifs is 4. The van der Waals surface area contributed by atoms with Gasteiger partial charge < -0.3 is 21.3 Å². The highest BCUT2D eigenvalue weighted by atomic mass is 16.2. The van der Waals surface area contributed by atoms with Crippen LogP contribution in [0, 0.1) is 13.8 Å². The van der Waals surface area contributed by atoms with E-state index < -0.39 is 0 Å². The smallest absolute Gasteiger partial charge is 0.237 e. The van der Waals surface area contributed by atoms with Crippen molar-refractivity contribution in [3.8, 4) is 0 Å². The summed E-state index contributed by atoms with van der Waals surface area (Å²) in [7, 11) is 0. The molecule has 0 saturated carbocycles. The zero-order valence-corrected chi connectivity index (χ0v) is 28.3. The molecule has 8 rings (SSSR count). The van der Waals surface area contributed by atoms with Crippen LogP contribution in [0.1, 0.15) is 101 Å². The summed E-state index contributed by atoms with van der Waals surface area (Å²) < 4.78 is 0. The first-order valence-electron chi connectivity index (χ1n) is 17.8. The lowest BCUT2D eigenvalue weighted by Crippen LogP contribution is -2.48. The van der Waals surface area contributed by atoms with Gasteiger partial charge in [0.05, 0.1) is 24.2 Å². The molecule has 0 spiro atoms. The molecular weight excluding hydrogens is 604 g/mol. The van der Waals surface area contributed by atoms with Gasteiger partial charge in [-0.3, -0.25) is 9.59 Å². The lowest BCUT2D eigenvalue weighted by molar-refractivity contribution is -0.125. The summed E-state index contributed by atoms with van der Waals surface area (Å²) in [4.78, 5) is 25.6. The van der Waals surface area contributed by atoms with Crippen LogP contribution in [-0.4, -0.2) is 23.9 Å². The Morgan fingerprint density at radius 1 is 0.571 bits per heavy atom. The number of amides is 2. The van der Waals surface area contributed by atoms with Crippen LogP contribution in [-0.2, 0) is 48.4 Å². The van der Waals surface area contributed by atoms with Crippen molar-refractivity contribution in [3.63, 3.8) is 0 Å². The summed E-state index contributed by atoms with van der Waals surface area (Å²) in [5.41, 5.74) is 13.1. The van der Waals surface area contributed by atoms with E-state index in [2.05, 4.69) is 120 Å². The third kappa shape index (κ3) is 7.98. The predicted molar refractivity (Wildman–Crippen MR) is 198 cm³/mol. The zero-order chi connectivity index (χ0) is 33.0. The third-order valence-electron chi connectivity index (χ3n) is 10.7. The molecule has 4 aliphatic rings. The number of nitrogens with one attached hydrogen (secondary N) is 4. The monoisotopic (exact) mass is 656 g/mol. The average Bonchev–Trinajstić information content (AvgIpc) is 3.11. The fraction of sp³-hybridized carbons (Fsp3) is 0.395. The van der Waals surface area contributed by atoms with Gasteiger partial charge >= 0.3 is 0 Å². The molecule has 49 heavy (non-hydrogen) atoms. The Bertz CT molecular complexity index is 1670. The summed E-state index contributed by atoms with van der Waals surface area (Å²) in [6.45, 7) is 5.77. The van der Waals surface area contributed by atoms with Gasteiger partial charge in [0.25, 0.3) is 0 Å². The van der Waals surface area contributed by atoms with Crippen molar-refractivity contribution in [3.05, 3.63) is 141 Å². The highest BCUT2D eigenvalue weighted by molar-refractivity contribution is 5.83. The predicted octanol–water partition coefficient (Wildman–Crippen LogP) is 7.04. The van der Waals surface area contributed by atoms with E-state index in [0.29, 0.717) is 0 Å². The zero-order valence-electron chi connectivity index (χ0n) is 28.3. The van der Waals surface area contributed by atoms with Gasteiger partial charge in [-0.25, -0.2) is 0 Å². The Morgan fingerprint density at radius 2 is 1.00 bits per heavy atom. The molecule has 4 aromatic rings. The molecule has 2 aliphatic carbocycles. The number of hydrogen-bond donors (Lipinski definition) is 4. The standard InChI is InChI=1S/2C21H24N2O.CH4/c2*1-14-9-10-16-12-20(22-13-17(16)11-14)21(24)23-19-8-4-6-15-5-2-3-7-18(15)19;/h2*2-3,5,7,9-11,19-20,22H,4,6,8,12-13H2,1H3,(H,23,24);1H4/t2*19-,20-;/m00./s1. The number of rotatable bonds is 4. The molecule has 6 nitrogen and oxygen atoms in total. The van der Waals surface area contributed by atoms with Crippen LogP contribution in [0.3, 0.4) is 0 Å². The summed E-state index contributed by atoms with van der Waals surface area (Å²) >= 11 is 0. The Labute approximate surface area is 292 Å². The molecule has 4 atom stereocenters. The van der Waals surface area contributed by atoms with E-state index >= 15 is 0 Å². The molecule has 2 amide bonds. The second-order valence-corrected chi connectivity index (χ2v) is 14.1. The van der Waals surface area contributed by atoms with Crippen molar-refractivity contribution in [2.75, 3.05) is 0 Å². The molecule has 2 heterocycles. The topological polar surface area (TPSA) is 82.3 Å². The summed E-state index contributed by atoms with van der Waals surface area (Å²) in [6, 6.07) is 30.1. The molecule has 0 radical (unpaired) electrons. The third-order valence-corrected chi connectivity index (χ3v) is 10.7. The highest BCUT2D eigenvalue weighted by Crippen LogP contribution is 2.31. The van der Waals surface area contributed by atoms with Gasteiger partial charge in [0.1, 0.15) is 0 Å². The quantitative estimate of drug-likeness (QED) is 0.190. The van der Waals surface area contributed by atoms with E-state index in [4.69, 9.17) is 0 Å². The summed E-state index contributed by atoms with van der Waals surface area (Å²) in [5.74, 6) is 0.255. The average molecular weight is 657 g/mol. The van der Waals surface area contributed by atoms with Crippen LogP contribution < -0.4 is 21.3 Å². The first-order valence-corrected chi connectivity index (χ1v) is 17.8. The fourth-order valence-electron chi connectivity index (χ4n) is 8.01. The van der Waals surface area contributed by atoms with Crippen molar-refractivity contribution < 1.29 is 9.59 Å². The lowest BCUT2D eigenvalue weighted by Gasteiger charge is -2.30. The number of carbonyl (C=O) groups is 2. The van der Waals surface area contributed by atoms with Gasteiger partial charge in [-0.1, -0.05) is 103 Å². The Balaban J connectivity index is 0.000000167. The van der Waals surface area contributed by atoms with Gasteiger partial charge in [-0.05, 0) is 110 Å². The van der Waals surface area contributed by atoms with Gasteiger partial charge in [0.2, 0.25) is 11.8 Å². The van der Waals surface area contributed by atoms with Crippen LogP contribution >= 0.6 is 0 Å². The van der Waals surface area contributed by atoms with Crippen molar-refractivity contribution in [2.24, 2.45) is 0 Å². The minimum absolute atomic E-state index is 0. The van der Waals surface area contributed by atoms with E-state index in [1.807, 2.05) is 0 Å². The Kier molecular flexibility index (Phi) is 11.0. The van der Waals surface area contributed by atoms with Crippen molar-refractivity contribution in [2.45, 2.75) is 110 Å². The normalized spacial score (nSPS) is 21.9. The van der Waals surface area contributed by atoms with E-state index in [1.165, 1.54) is 55.6 Å². The number of hydrogen-bond acceptors (Lipinski definition) is 4. The molecule has 0 unspecified atom stereocenters. The Hall–Kier alpha value is -4.26. The number of benzene rings is 4. The van der Waals surface area contributed by atoms with Crippen LogP contribution in [0.15, 0.2) is 84.9 Å². The van der Waals surface area contributed by atoms with Gasteiger partial charge in [0.15, 0.2) is 0 Å². The number of aryl methyl sites for hydroxylation is 4. The van der Waals surface area contributed by atoms with Crippen molar-refractivity contribution in [1.82, 2.24) is 21.3 Å². The van der Waals surface area contributed by atoms with Gasteiger partial charge in [0, 0.05) is 13.1 Å². The van der Waals surface area contributed by atoms with Crippen molar-refractivity contribution in [1.29, 1.82) is 0 Å². The molecule has 0 bridgehead atoms. The maximum Gasteiger partial charge on any atom is 0.237 e. The van der Waals surface area contributed by atoms with E-state index in [0.717, 1.165) is 64.5 Å². The van der Waals surface area contributed by atoms with Crippen LogP contribution in [0.2, 0.25) is 0 Å². The largest absolute Gasteiger partial charge is 0.348 e. The fourth-order valence-corrected chi connectivity index (χ4v) is 8.01. The molecule has 0 fully saturated rings. The summed E-state index contributed by atoms with van der Waals surface area (Å²) in [6.07, 6.45) is 8.14. The second kappa shape index (κ2) is 15.5. The second-order valence-electron chi connectivity index (χ2n) is 14.1. The molecule has 256 valence electrons. The van der Waals surface area contributed by atoms with Gasteiger partial charge in [-0.2, -0.15) is 0 Å². The number of carbonyl (C=O) groups excluding carboxylic acids is 2. The van der Waals surface area contributed by atoms with Gasteiger partial charge in [-0.15, -0.1) is 0 Å². The molecule has 2 aliphatic heterocycles. The van der Waals surface area contributed by atoms with E-state index in [9.17, 15) is 9.59 Å². The maximum absolute atomic E-state index is 12.8. The van der Waals surface area contributed by atoms with Crippen molar-refractivity contribution >= 4 is 11.8 Å². The van der Waals surface area contributed by atoms with Crippen LogP contribution in [0.4, 0.5) is 0 Å². The molecule has 6 heteroatoms. The molecular formula is C43H52N4O2. The molecule has 0 saturated heterocycles. The van der Waals surface area contributed by atoms with E-state index in [-0.39, 0.29) is 43.4 Å². The molecule has 0 aromatic heterocycles. The minimum atomic E-state index is -0.130. The first kappa shape index (κ1) is 34.6. The Morgan fingerprint density at radius 3 is 1.45 bits per heavy atom. The summed E-state index contributed by atoms with van der Waals surface area (Å²) in [5, 5.41) is 13.4. The first-order chi connectivity index (χ1) is 23.4. The lowest BCUT2D eigenvalue weighted by atomic mass is 9.87. The minimum Gasteiger partial charge on any atom is -0.348 e. The highest BCUT2D eigenvalue weighted by Gasteiger charge is 2.29. The van der Waals surface area contributed by atoms with Crippen LogP contribution in [0.5, 0.6) is 0 Å².